The largest absolute Gasteiger partial charge is 0.496 e. The van der Waals surface area contributed by atoms with E-state index in [9.17, 15) is 9.90 Å². The summed E-state index contributed by atoms with van der Waals surface area (Å²) in [6.45, 7) is 2.86. The van der Waals surface area contributed by atoms with Gasteiger partial charge < -0.3 is 14.6 Å². The molecule has 4 heteroatoms. The van der Waals surface area contributed by atoms with Gasteiger partial charge in [0.2, 0.25) is 5.78 Å². The predicted octanol–water partition coefficient (Wildman–Crippen LogP) is 1.66. The van der Waals surface area contributed by atoms with Crippen molar-refractivity contribution in [3.05, 3.63) is 23.8 Å². The minimum atomic E-state index is -1.46. The van der Waals surface area contributed by atoms with Crippen molar-refractivity contribution in [2.24, 2.45) is 0 Å². The Kier molecular flexibility index (Phi) is 3.55. The van der Waals surface area contributed by atoms with Gasteiger partial charge in [-0.1, -0.05) is 6.07 Å². The molecule has 1 aromatic rings. The Morgan fingerprint density at radius 3 is 1.94 bits per heavy atom. The normalized spacial score (nSPS) is 11.1. The van der Waals surface area contributed by atoms with Crippen molar-refractivity contribution < 1.29 is 19.4 Å². The van der Waals surface area contributed by atoms with Gasteiger partial charge in [0.1, 0.15) is 22.7 Å². The first-order chi connectivity index (χ1) is 7.41. The van der Waals surface area contributed by atoms with Crippen molar-refractivity contribution in [1.29, 1.82) is 0 Å². The third-order valence-corrected chi connectivity index (χ3v) is 2.21. The van der Waals surface area contributed by atoms with Gasteiger partial charge in [-0.2, -0.15) is 0 Å². The van der Waals surface area contributed by atoms with Crippen molar-refractivity contribution in [2.75, 3.05) is 14.2 Å². The van der Waals surface area contributed by atoms with Gasteiger partial charge >= 0.3 is 0 Å². The lowest BCUT2D eigenvalue weighted by Crippen LogP contribution is -2.31. The number of carbonyl (C=O) groups excluding carboxylic acids is 1. The molecule has 0 radical (unpaired) electrons. The second-order valence-corrected chi connectivity index (χ2v) is 3.93. The van der Waals surface area contributed by atoms with E-state index in [1.807, 2.05) is 0 Å². The van der Waals surface area contributed by atoms with Gasteiger partial charge in [0.15, 0.2) is 0 Å². The first kappa shape index (κ1) is 12.5. The zero-order valence-corrected chi connectivity index (χ0v) is 9.90. The third kappa shape index (κ3) is 2.33. The molecule has 4 nitrogen and oxygen atoms in total. The molecule has 0 heterocycles. The molecule has 0 saturated heterocycles. The lowest BCUT2D eigenvalue weighted by atomic mass is 9.95. The number of benzene rings is 1. The monoisotopic (exact) mass is 224 g/mol. The molecule has 0 aromatic heterocycles. The van der Waals surface area contributed by atoms with E-state index in [1.165, 1.54) is 28.1 Å². The summed E-state index contributed by atoms with van der Waals surface area (Å²) in [7, 11) is 2.94. The lowest BCUT2D eigenvalue weighted by molar-refractivity contribution is 0.0481. The average molecular weight is 224 g/mol. The van der Waals surface area contributed by atoms with E-state index in [4.69, 9.17) is 9.47 Å². The summed E-state index contributed by atoms with van der Waals surface area (Å²) in [5.41, 5.74) is -1.19. The number of Topliss-reactive ketones (excluding diaryl/α,β-unsaturated/α-hetero) is 1. The first-order valence-corrected chi connectivity index (χ1v) is 4.90. The molecule has 1 N–H and O–H groups in total. The highest BCUT2D eigenvalue weighted by atomic mass is 16.5. The second-order valence-electron chi connectivity index (χ2n) is 3.93. The average Bonchev–Trinajstić information content (AvgIpc) is 2.25. The molecule has 0 aliphatic heterocycles. The highest BCUT2D eigenvalue weighted by Crippen LogP contribution is 2.31. The SMILES string of the molecule is COc1cccc(OC)c1C(=O)C(C)(C)O. The number of aliphatic hydroxyl groups is 1. The second kappa shape index (κ2) is 4.53. The summed E-state index contributed by atoms with van der Waals surface area (Å²) in [4.78, 5) is 12.0. The highest BCUT2D eigenvalue weighted by Gasteiger charge is 2.30. The Morgan fingerprint density at radius 1 is 1.19 bits per heavy atom. The number of hydrogen-bond donors (Lipinski definition) is 1. The minimum Gasteiger partial charge on any atom is -0.496 e. The molecule has 0 fully saturated rings. The number of hydrogen-bond acceptors (Lipinski definition) is 4. The van der Waals surface area contributed by atoms with Crippen molar-refractivity contribution in [3.8, 4) is 11.5 Å². The van der Waals surface area contributed by atoms with E-state index in [1.54, 1.807) is 18.2 Å². The van der Waals surface area contributed by atoms with Gasteiger partial charge in [0, 0.05) is 0 Å². The maximum Gasteiger partial charge on any atom is 0.201 e. The van der Waals surface area contributed by atoms with Gasteiger partial charge in [-0.25, -0.2) is 0 Å². The molecule has 0 aliphatic carbocycles. The van der Waals surface area contributed by atoms with Crippen LogP contribution in [0.4, 0.5) is 0 Å². The zero-order chi connectivity index (χ0) is 12.3. The molecule has 0 spiro atoms. The standard InChI is InChI=1S/C12H16O4/c1-12(2,14)11(13)10-8(15-3)6-5-7-9(10)16-4/h5-7,14H,1-4H3. The van der Waals surface area contributed by atoms with Crippen LogP contribution in [0.15, 0.2) is 18.2 Å². The van der Waals surface area contributed by atoms with E-state index in [0.717, 1.165) is 0 Å². The molecule has 16 heavy (non-hydrogen) atoms. The Morgan fingerprint density at radius 2 is 1.62 bits per heavy atom. The van der Waals surface area contributed by atoms with Gasteiger partial charge in [-0.3, -0.25) is 4.79 Å². The number of methoxy groups -OCH3 is 2. The fraction of sp³-hybridized carbons (Fsp3) is 0.417. The van der Waals surface area contributed by atoms with Crippen LogP contribution in [0, 0.1) is 0 Å². The quantitative estimate of drug-likeness (QED) is 0.790. The van der Waals surface area contributed by atoms with Gasteiger partial charge in [-0.05, 0) is 26.0 Å². The number of carbonyl (C=O) groups is 1. The smallest absolute Gasteiger partial charge is 0.201 e. The minimum absolute atomic E-state index is 0.264. The molecule has 0 saturated carbocycles. The van der Waals surface area contributed by atoms with E-state index < -0.39 is 11.4 Å². The molecule has 0 bridgehead atoms. The maximum atomic E-state index is 12.0. The van der Waals surface area contributed by atoms with Crippen LogP contribution in [0.3, 0.4) is 0 Å². The lowest BCUT2D eigenvalue weighted by Gasteiger charge is -2.19. The van der Waals surface area contributed by atoms with Crippen LogP contribution in [0.5, 0.6) is 11.5 Å². The van der Waals surface area contributed by atoms with Crippen LogP contribution in [-0.2, 0) is 0 Å². The molecular weight excluding hydrogens is 208 g/mol. The predicted molar refractivity (Wildman–Crippen MR) is 60.2 cm³/mol. The molecule has 0 atom stereocenters. The highest BCUT2D eigenvalue weighted by molar-refractivity contribution is 6.06. The Labute approximate surface area is 94.8 Å². The van der Waals surface area contributed by atoms with Crippen molar-refractivity contribution in [2.45, 2.75) is 19.4 Å². The van der Waals surface area contributed by atoms with Gasteiger partial charge in [0.05, 0.1) is 14.2 Å². The Bertz CT molecular complexity index is 368. The van der Waals surface area contributed by atoms with Crippen LogP contribution < -0.4 is 9.47 Å². The number of rotatable bonds is 4. The summed E-state index contributed by atoms with van der Waals surface area (Å²) in [5, 5.41) is 9.72. The fourth-order valence-corrected chi connectivity index (χ4v) is 1.38. The topological polar surface area (TPSA) is 55.8 Å². The third-order valence-electron chi connectivity index (χ3n) is 2.21. The molecule has 88 valence electrons. The summed E-state index contributed by atoms with van der Waals surface area (Å²) in [5.74, 6) is 0.361. The summed E-state index contributed by atoms with van der Waals surface area (Å²) in [6.07, 6.45) is 0. The van der Waals surface area contributed by atoms with Crippen molar-refractivity contribution in [1.82, 2.24) is 0 Å². The van der Waals surface area contributed by atoms with E-state index >= 15 is 0 Å². The molecule has 0 unspecified atom stereocenters. The van der Waals surface area contributed by atoms with E-state index in [-0.39, 0.29) is 5.56 Å². The van der Waals surface area contributed by atoms with Gasteiger partial charge in [0.25, 0.3) is 0 Å². The molecule has 0 amide bonds. The Balaban J connectivity index is 3.34. The van der Waals surface area contributed by atoms with E-state index in [0.29, 0.717) is 11.5 Å². The van der Waals surface area contributed by atoms with Gasteiger partial charge in [-0.15, -0.1) is 0 Å². The first-order valence-electron chi connectivity index (χ1n) is 4.90. The van der Waals surface area contributed by atoms with Crippen LogP contribution in [-0.4, -0.2) is 30.7 Å². The maximum absolute atomic E-state index is 12.0. The number of ketones is 1. The van der Waals surface area contributed by atoms with Crippen molar-refractivity contribution in [3.63, 3.8) is 0 Å². The summed E-state index contributed by atoms with van der Waals surface area (Å²) < 4.78 is 10.2. The molecule has 0 aliphatic rings. The van der Waals surface area contributed by atoms with Crippen LogP contribution in [0.1, 0.15) is 24.2 Å². The molecular formula is C12H16O4. The molecule has 1 rings (SSSR count). The van der Waals surface area contributed by atoms with Crippen LogP contribution >= 0.6 is 0 Å². The zero-order valence-electron chi connectivity index (χ0n) is 9.90. The van der Waals surface area contributed by atoms with Crippen LogP contribution in [0.25, 0.3) is 0 Å². The molecule has 1 aromatic carbocycles. The number of ether oxygens (including phenoxy) is 2. The summed E-state index contributed by atoms with van der Waals surface area (Å²) >= 11 is 0. The van der Waals surface area contributed by atoms with E-state index in [2.05, 4.69) is 0 Å². The fourth-order valence-electron chi connectivity index (χ4n) is 1.38. The Hall–Kier alpha value is -1.55. The summed E-state index contributed by atoms with van der Waals surface area (Å²) in [6, 6.07) is 5.03. The van der Waals surface area contributed by atoms with Crippen LogP contribution in [0.2, 0.25) is 0 Å². The van der Waals surface area contributed by atoms with Crippen molar-refractivity contribution >= 4 is 5.78 Å².